The van der Waals surface area contributed by atoms with Crippen molar-refractivity contribution in [3.8, 4) is 0 Å². The number of halogens is 1. The van der Waals surface area contributed by atoms with E-state index in [1.165, 1.54) is 10.4 Å². The highest BCUT2D eigenvalue weighted by Crippen LogP contribution is 2.28. The molecule has 0 saturated carbocycles. The van der Waals surface area contributed by atoms with Crippen LogP contribution in [-0.4, -0.2) is 62.3 Å². The van der Waals surface area contributed by atoms with Crippen molar-refractivity contribution in [2.24, 2.45) is 5.73 Å². The quantitative estimate of drug-likeness (QED) is 0.762. The Bertz CT molecular complexity index is 683. The highest BCUT2D eigenvalue weighted by Gasteiger charge is 2.29. The van der Waals surface area contributed by atoms with Crippen LogP contribution in [0.15, 0.2) is 16.3 Å². The minimum Gasteiger partial charge on any atom is -0.351 e. The van der Waals surface area contributed by atoms with Gasteiger partial charge in [0, 0.05) is 39.1 Å². The fraction of sp³-hybridized carbons (Fsp3) is 0.500. The monoisotopic (exact) mass is 380 g/mol. The zero-order valence-corrected chi connectivity index (χ0v) is 14.6. The summed E-state index contributed by atoms with van der Waals surface area (Å²) < 4.78 is 27.0. The molecule has 3 amide bonds. The smallest absolute Gasteiger partial charge is 0.318 e. The maximum Gasteiger partial charge on any atom is 0.318 e. The van der Waals surface area contributed by atoms with Crippen molar-refractivity contribution in [2.45, 2.75) is 10.6 Å². The Morgan fingerprint density at radius 2 is 1.91 bits per heavy atom. The molecule has 0 spiro atoms. The Morgan fingerprint density at radius 1 is 1.26 bits per heavy atom. The van der Waals surface area contributed by atoms with Gasteiger partial charge in [0.25, 0.3) is 10.0 Å². The Morgan fingerprint density at radius 3 is 2.43 bits per heavy atom. The van der Waals surface area contributed by atoms with Crippen LogP contribution in [0.1, 0.15) is 6.42 Å². The van der Waals surface area contributed by atoms with Crippen molar-refractivity contribution in [2.75, 3.05) is 32.7 Å². The van der Waals surface area contributed by atoms with Gasteiger partial charge in [-0.3, -0.25) is 10.1 Å². The number of nitrogens with zero attached hydrogens (tertiary/aromatic N) is 2. The van der Waals surface area contributed by atoms with E-state index < -0.39 is 22.0 Å². The van der Waals surface area contributed by atoms with Crippen LogP contribution >= 0.6 is 22.9 Å². The first-order chi connectivity index (χ1) is 10.8. The highest BCUT2D eigenvalue weighted by molar-refractivity contribution is 7.91. The Hall–Kier alpha value is -1.20. The van der Waals surface area contributed by atoms with Crippen LogP contribution in [0.5, 0.6) is 0 Å². The lowest BCUT2D eigenvalue weighted by atomic mass is 10.3. The number of hydrogen-bond donors (Lipinski definition) is 2. The van der Waals surface area contributed by atoms with E-state index in [0.717, 1.165) is 11.3 Å². The lowest BCUT2D eigenvalue weighted by Gasteiger charge is -2.33. The summed E-state index contributed by atoms with van der Waals surface area (Å²) >= 11 is 6.83. The van der Waals surface area contributed by atoms with Crippen LogP contribution in [0, 0.1) is 0 Å². The second kappa shape index (κ2) is 7.58. The number of carbonyl (C=O) groups is 2. The van der Waals surface area contributed by atoms with Crippen LogP contribution < -0.4 is 11.1 Å². The first-order valence-corrected chi connectivity index (χ1v) is 9.49. The van der Waals surface area contributed by atoms with Gasteiger partial charge in [-0.05, 0) is 12.1 Å². The van der Waals surface area contributed by atoms with Crippen LogP contribution in [0.4, 0.5) is 4.79 Å². The predicted octanol–water partition coefficient (Wildman–Crippen LogP) is 0.293. The summed E-state index contributed by atoms with van der Waals surface area (Å²) in [5.41, 5.74) is 4.86. The van der Waals surface area contributed by atoms with Gasteiger partial charge in [0.15, 0.2) is 0 Å². The number of carbonyl (C=O) groups excluding carboxylic acids is 2. The summed E-state index contributed by atoms with van der Waals surface area (Å²) in [6, 6.07) is 2.19. The molecular weight excluding hydrogens is 364 g/mol. The number of urea groups is 1. The van der Waals surface area contributed by atoms with E-state index >= 15 is 0 Å². The molecule has 0 unspecified atom stereocenters. The molecule has 0 bridgehead atoms. The number of thiophene rings is 1. The van der Waals surface area contributed by atoms with Crippen LogP contribution in [0.2, 0.25) is 4.34 Å². The van der Waals surface area contributed by atoms with E-state index in [0.29, 0.717) is 37.1 Å². The number of sulfonamides is 1. The summed E-state index contributed by atoms with van der Waals surface area (Å²) in [6.45, 7) is 2.16. The SMILES string of the molecule is NC(=O)NC(=O)CCN1CCN(S(=O)(=O)c2ccc(Cl)s2)CC1. The van der Waals surface area contributed by atoms with Gasteiger partial charge in [-0.1, -0.05) is 11.6 Å². The average Bonchev–Trinajstić information content (AvgIpc) is 2.92. The van der Waals surface area contributed by atoms with Crippen molar-refractivity contribution < 1.29 is 18.0 Å². The first kappa shape index (κ1) is 18.1. The molecule has 2 heterocycles. The van der Waals surface area contributed by atoms with Crippen LogP contribution in [0.3, 0.4) is 0 Å². The third-order valence-electron chi connectivity index (χ3n) is 3.39. The second-order valence-corrected chi connectivity index (χ2v) is 8.85. The number of nitrogens with one attached hydrogen (secondary N) is 1. The Balaban J connectivity index is 1.84. The molecule has 11 heteroatoms. The highest BCUT2D eigenvalue weighted by atomic mass is 35.5. The topological polar surface area (TPSA) is 113 Å². The summed E-state index contributed by atoms with van der Waals surface area (Å²) in [7, 11) is -3.51. The number of hydrogen-bond acceptors (Lipinski definition) is 6. The molecule has 1 fully saturated rings. The van der Waals surface area contributed by atoms with Gasteiger partial charge >= 0.3 is 6.03 Å². The normalized spacial score (nSPS) is 17.1. The fourth-order valence-electron chi connectivity index (χ4n) is 2.22. The minimum absolute atomic E-state index is 0.135. The van der Waals surface area contributed by atoms with Crippen molar-refractivity contribution in [1.82, 2.24) is 14.5 Å². The zero-order valence-electron chi connectivity index (χ0n) is 12.2. The molecule has 0 atom stereocenters. The number of imide groups is 1. The summed E-state index contributed by atoms with van der Waals surface area (Å²) in [6.07, 6.45) is 0.135. The van der Waals surface area contributed by atoms with Crippen molar-refractivity contribution >= 4 is 44.9 Å². The molecule has 2 rings (SSSR count). The number of rotatable bonds is 5. The van der Waals surface area contributed by atoms with E-state index in [2.05, 4.69) is 0 Å². The molecule has 0 aromatic carbocycles. The van der Waals surface area contributed by atoms with Gasteiger partial charge in [0.05, 0.1) is 4.34 Å². The van der Waals surface area contributed by atoms with Crippen molar-refractivity contribution in [1.29, 1.82) is 0 Å². The molecule has 1 aliphatic heterocycles. The molecule has 23 heavy (non-hydrogen) atoms. The lowest BCUT2D eigenvalue weighted by molar-refractivity contribution is -0.120. The Kier molecular flexibility index (Phi) is 5.98. The van der Waals surface area contributed by atoms with Gasteiger partial charge in [0.1, 0.15) is 4.21 Å². The number of amides is 3. The van der Waals surface area contributed by atoms with E-state index in [-0.39, 0.29) is 10.6 Å². The van der Waals surface area contributed by atoms with Gasteiger partial charge < -0.3 is 10.6 Å². The first-order valence-electron chi connectivity index (χ1n) is 6.86. The largest absolute Gasteiger partial charge is 0.351 e. The standard InChI is InChI=1S/C12H17ClN4O4S2/c13-9-1-2-11(22-9)23(20,21)17-7-5-16(6-8-17)4-3-10(18)15-12(14)19/h1-2H,3-8H2,(H3,14,15,18,19). The summed E-state index contributed by atoms with van der Waals surface area (Å²) in [5.74, 6) is -0.444. The van der Waals surface area contributed by atoms with Gasteiger partial charge in [-0.25, -0.2) is 13.2 Å². The maximum atomic E-state index is 12.4. The van der Waals surface area contributed by atoms with E-state index in [4.69, 9.17) is 17.3 Å². The molecule has 1 aromatic heterocycles. The molecule has 1 aliphatic rings. The molecule has 3 N–H and O–H groups in total. The number of primary amides is 1. The summed E-state index contributed by atoms with van der Waals surface area (Å²) in [5, 5.41) is 2.00. The molecule has 0 radical (unpaired) electrons. The van der Waals surface area contributed by atoms with Gasteiger partial charge in [-0.2, -0.15) is 4.31 Å². The predicted molar refractivity (Wildman–Crippen MR) is 86.9 cm³/mol. The second-order valence-electron chi connectivity index (χ2n) is 4.97. The van der Waals surface area contributed by atoms with Crippen LogP contribution in [-0.2, 0) is 14.8 Å². The average molecular weight is 381 g/mol. The molecule has 0 aliphatic carbocycles. The molecule has 8 nitrogen and oxygen atoms in total. The fourth-order valence-corrected chi connectivity index (χ4v) is 5.28. The lowest BCUT2D eigenvalue weighted by Crippen LogP contribution is -2.49. The zero-order chi connectivity index (χ0) is 17.0. The van der Waals surface area contributed by atoms with Gasteiger partial charge in [-0.15, -0.1) is 11.3 Å². The summed E-state index contributed by atoms with van der Waals surface area (Å²) in [4.78, 5) is 23.9. The minimum atomic E-state index is -3.51. The van der Waals surface area contributed by atoms with Crippen molar-refractivity contribution in [3.05, 3.63) is 16.5 Å². The maximum absolute atomic E-state index is 12.4. The van der Waals surface area contributed by atoms with E-state index in [9.17, 15) is 18.0 Å². The third kappa shape index (κ3) is 4.88. The molecular formula is C12H17ClN4O4S2. The molecule has 128 valence electrons. The van der Waals surface area contributed by atoms with Gasteiger partial charge in [0.2, 0.25) is 5.91 Å². The third-order valence-corrected chi connectivity index (χ3v) is 6.99. The van der Waals surface area contributed by atoms with Crippen molar-refractivity contribution in [3.63, 3.8) is 0 Å². The number of piperazine rings is 1. The Labute approximate surface area is 143 Å². The van der Waals surface area contributed by atoms with Crippen LogP contribution in [0.25, 0.3) is 0 Å². The van der Waals surface area contributed by atoms with E-state index in [1.54, 1.807) is 6.07 Å². The molecule has 1 aromatic rings. The number of nitrogens with two attached hydrogens (primary N) is 1. The van der Waals surface area contributed by atoms with E-state index in [1.807, 2.05) is 10.2 Å². The molecule has 1 saturated heterocycles.